The number of fused-ring (bicyclic) bond motifs is 2. The number of aliphatic hydroxyl groups excluding tert-OH is 1. The lowest BCUT2D eigenvalue weighted by Crippen LogP contribution is -2.49. The van der Waals surface area contributed by atoms with Gasteiger partial charge in [0, 0.05) is 42.5 Å². The fourth-order valence-corrected chi connectivity index (χ4v) is 5.11. The maximum atomic E-state index is 13.3. The molecule has 7 heteroatoms. The molecule has 2 aromatic rings. The lowest BCUT2D eigenvalue weighted by Gasteiger charge is -2.36. The molecule has 0 bridgehead atoms. The van der Waals surface area contributed by atoms with E-state index >= 15 is 0 Å². The average molecular weight is 435 g/mol. The Kier molecular flexibility index (Phi) is 6.25. The van der Waals surface area contributed by atoms with Crippen LogP contribution in [0.5, 0.6) is 0 Å². The van der Waals surface area contributed by atoms with E-state index in [1.54, 1.807) is 13.0 Å². The molecule has 1 N–H and O–H groups in total. The van der Waals surface area contributed by atoms with Crippen LogP contribution in [-0.4, -0.2) is 53.9 Å². The summed E-state index contributed by atoms with van der Waals surface area (Å²) in [7, 11) is 0. The minimum absolute atomic E-state index is 0.426. The molecule has 0 spiro atoms. The number of aliphatic hydroxyl groups is 1. The third-order valence-electron chi connectivity index (χ3n) is 5.72. The van der Waals surface area contributed by atoms with Crippen LogP contribution in [0.4, 0.5) is 13.2 Å². The highest BCUT2D eigenvalue weighted by Gasteiger charge is 2.32. The molecule has 160 valence electrons. The van der Waals surface area contributed by atoms with E-state index in [1.807, 2.05) is 29.2 Å². The third kappa shape index (κ3) is 4.59. The van der Waals surface area contributed by atoms with Crippen LogP contribution in [0.3, 0.4) is 0 Å². The molecular weight excluding hydrogens is 409 g/mol. The van der Waals surface area contributed by atoms with Crippen LogP contribution in [0.15, 0.2) is 58.3 Å². The summed E-state index contributed by atoms with van der Waals surface area (Å²) in [6.45, 7) is 6.05. The summed E-state index contributed by atoms with van der Waals surface area (Å²) in [6, 6.07) is 11.9. The fourth-order valence-electron chi connectivity index (χ4n) is 4.02. The van der Waals surface area contributed by atoms with Crippen molar-refractivity contribution in [2.24, 2.45) is 0 Å². The predicted molar refractivity (Wildman–Crippen MR) is 113 cm³/mol. The molecule has 30 heavy (non-hydrogen) atoms. The van der Waals surface area contributed by atoms with Gasteiger partial charge in [-0.25, -0.2) is 0 Å². The van der Waals surface area contributed by atoms with E-state index < -0.39 is 18.0 Å². The molecule has 2 heterocycles. The van der Waals surface area contributed by atoms with Gasteiger partial charge in [-0.15, -0.1) is 0 Å². The number of piperazine rings is 1. The molecule has 0 saturated carbocycles. The van der Waals surface area contributed by atoms with Crippen molar-refractivity contribution < 1.29 is 18.3 Å². The summed E-state index contributed by atoms with van der Waals surface area (Å²) in [5.41, 5.74) is 1.93. The van der Waals surface area contributed by atoms with Gasteiger partial charge in [0.2, 0.25) is 0 Å². The first kappa shape index (κ1) is 21.4. The molecule has 0 amide bonds. The molecule has 1 unspecified atom stereocenters. The first-order chi connectivity index (χ1) is 14.3. The maximum absolute atomic E-state index is 13.3. The average Bonchev–Trinajstić information content (AvgIpc) is 2.72. The van der Waals surface area contributed by atoms with E-state index in [1.165, 1.54) is 23.9 Å². The molecule has 2 aliphatic rings. The van der Waals surface area contributed by atoms with Crippen molar-refractivity contribution in [1.82, 2.24) is 9.80 Å². The first-order valence-corrected chi connectivity index (χ1v) is 11.0. The smallest absolute Gasteiger partial charge is 0.379 e. The highest BCUT2D eigenvalue weighted by atomic mass is 32.2. The quantitative estimate of drug-likeness (QED) is 0.629. The number of halogens is 3. The van der Waals surface area contributed by atoms with Gasteiger partial charge in [0.05, 0.1) is 5.56 Å². The van der Waals surface area contributed by atoms with Crippen molar-refractivity contribution in [3.8, 4) is 0 Å². The van der Waals surface area contributed by atoms with Crippen molar-refractivity contribution in [2.75, 3.05) is 32.7 Å². The molecule has 3 nitrogen and oxygen atoms in total. The molecule has 0 aromatic heterocycles. The van der Waals surface area contributed by atoms with E-state index in [2.05, 4.69) is 11.0 Å². The predicted octanol–water partition coefficient (Wildman–Crippen LogP) is 4.95. The van der Waals surface area contributed by atoms with Crippen LogP contribution in [-0.2, 0) is 6.18 Å². The zero-order valence-electron chi connectivity index (χ0n) is 16.8. The van der Waals surface area contributed by atoms with Crippen LogP contribution >= 0.6 is 11.8 Å². The molecule has 1 fully saturated rings. The number of nitrogens with zero attached hydrogens (tertiary/aromatic N) is 2. The highest BCUT2D eigenvalue weighted by molar-refractivity contribution is 7.99. The molecule has 0 radical (unpaired) electrons. The molecule has 4 rings (SSSR count). The Bertz CT molecular complexity index is 934. The number of hydrogen-bond acceptors (Lipinski definition) is 4. The minimum atomic E-state index is -4.36. The summed E-state index contributed by atoms with van der Waals surface area (Å²) in [5, 5.41) is 9.69. The standard InChI is InChI=1S/C23H25F3N2OS/c1-16(29)28-13-11-27(12-14-28)10-4-6-18-19-5-2-3-7-21(19)30-22-9-8-17(15-20(18)22)23(24,25)26/h2-3,5-9,15-16,29H,4,10-14H2,1H3/b18-6+. The summed E-state index contributed by atoms with van der Waals surface area (Å²) in [4.78, 5) is 6.31. The monoisotopic (exact) mass is 434 g/mol. The van der Waals surface area contributed by atoms with Crippen LogP contribution in [0.25, 0.3) is 5.57 Å². The second-order valence-electron chi connectivity index (χ2n) is 7.72. The maximum Gasteiger partial charge on any atom is 0.416 e. The summed E-state index contributed by atoms with van der Waals surface area (Å²) in [5.74, 6) is 0. The lowest BCUT2D eigenvalue weighted by atomic mass is 9.94. The van der Waals surface area contributed by atoms with E-state index in [9.17, 15) is 18.3 Å². The van der Waals surface area contributed by atoms with Gasteiger partial charge in [0.15, 0.2) is 0 Å². The Labute approximate surface area is 179 Å². The molecular formula is C23H25F3N2OS. The van der Waals surface area contributed by atoms with Crippen LogP contribution in [0.1, 0.15) is 30.0 Å². The van der Waals surface area contributed by atoms with E-state index in [0.29, 0.717) is 5.56 Å². The van der Waals surface area contributed by atoms with Gasteiger partial charge in [0.25, 0.3) is 0 Å². The molecule has 2 aliphatic heterocycles. The topological polar surface area (TPSA) is 26.7 Å². The van der Waals surface area contributed by atoms with Crippen LogP contribution in [0.2, 0.25) is 0 Å². The number of rotatable bonds is 4. The third-order valence-corrected chi connectivity index (χ3v) is 6.88. The zero-order valence-corrected chi connectivity index (χ0v) is 17.6. The number of hydrogen-bond donors (Lipinski definition) is 1. The number of alkyl halides is 3. The Hall–Kier alpha value is -1.80. The number of benzene rings is 2. The zero-order chi connectivity index (χ0) is 21.3. The molecule has 1 atom stereocenters. The van der Waals surface area contributed by atoms with E-state index in [0.717, 1.165) is 60.1 Å². The second-order valence-corrected chi connectivity index (χ2v) is 8.81. The van der Waals surface area contributed by atoms with Crippen molar-refractivity contribution >= 4 is 17.3 Å². The summed E-state index contributed by atoms with van der Waals surface area (Å²) in [6.07, 6.45) is -1.94. The lowest BCUT2D eigenvalue weighted by molar-refractivity contribution is -0.137. The highest BCUT2D eigenvalue weighted by Crippen LogP contribution is 2.47. The minimum Gasteiger partial charge on any atom is -0.379 e. The molecule has 0 aliphatic carbocycles. The largest absolute Gasteiger partial charge is 0.416 e. The van der Waals surface area contributed by atoms with E-state index in [4.69, 9.17) is 0 Å². The van der Waals surface area contributed by atoms with Gasteiger partial charge in [0.1, 0.15) is 6.23 Å². The molecule has 1 saturated heterocycles. The summed E-state index contributed by atoms with van der Waals surface area (Å²) < 4.78 is 39.9. The Morgan fingerprint density at radius 2 is 1.73 bits per heavy atom. The van der Waals surface area contributed by atoms with Gasteiger partial charge in [-0.3, -0.25) is 4.90 Å². The summed E-state index contributed by atoms with van der Waals surface area (Å²) >= 11 is 1.52. The van der Waals surface area contributed by atoms with Crippen LogP contribution < -0.4 is 0 Å². The SMILES string of the molecule is CC(O)N1CCN(CC/C=C2\c3ccccc3Sc3ccc(C(F)(F)F)cc32)CC1. The Morgan fingerprint density at radius 1 is 1.03 bits per heavy atom. The fraction of sp³-hybridized carbons (Fsp3) is 0.391. The van der Waals surface area contributed by atoms with Gasteiger partial charge >= 0.3 is 6.18 Å². The van der Waals surface area contributed by atoms with E-state index in [-0.39, 0.29) is 0 Å². The second kappa shape index (κ2) is 8.75. The van der Waals surface area contributed by atoms with Crippen LogP contribution in [0, 0.1) is 0 Å². The van der Waals surface area contributed by atoms with Gasteiger partial charge in [-0.1, -0.05) is 36.0 Å². The van der Waals surface area contributed by atoms with Gasteiger partial charge in [-0.2, -0.15) is 13.2 Å². The van der Waals surface area contributed by atoms with Crippen molar-refractivity contribution in [1.29, 1.82) is 0 Å². The Morgan fingerprint density at radius 3 is 2.43 bits per heavy atom. The molecule has 2 aromatic carbocycles. The van der Waals surface area contributed by atoms with Crippen molar-refractivity contribution in [3.05, 3.63) is 65.2 Å². The van der Waals surface area contributed by atoms with Crippen molar-refractivity contribution in [2.45, 2.75) is 35.5 Å². The van der Waals surface area contributed by atoms with Crippen molar-refractivity contribution in [3.63, 3.8) is 0 Å². The normalized spacial score (nSPS) is 20.1. The first-order valence-electron chi connectivity index (χ1n) is 10.2. The van der Waals surface area contributed by atoms with Gasteiger partial charge < -0.3 is 10.0 Å². The Balaban J connectivity index is 1.56. The van der Waals surface area contributed by atoms with Gasteiger partial charge in [-0.05, 0) is 54.3 Å².